The lowest BCUT2D eigenvalue weighted by Crippen LogP contribution is -2.17. The maximum Gasteiger partial charge on any atom is 0.275 e. The summed E-state index contributed by atoms with van der Waals surface area (Å²) >= 11 is 3.63. The lowest BCUT2D eigenvalue weighted by atomic mass is 9.89. The van der Waals surface area contributed by atoms with Crippen molar-refractivity contribution in [3.8, 4) is 6.07 Å². The van der Waals surface area contributed by atoms with Crippen LogP contribution in [0, 0.1) is 20.8 Å². The molecule has 0 saturated heterocycles. The van der Waals surface area contributed by atoms with Gasteiger partial charge in [0.25, 0.3) is 5.91 Å². The molecule has 1 atom stereocenters. The number of nitrogens with one attached hydrogen (secondary N) is 1. The zero-order valence-corrected chi connectivity index (χ0v) is 15.3. The van der Waals surface area contributed by atoms with Crippen LogP contribution >= 0.6 is 33.9 Å². The van der Waals surface area contributed by atoms with E-state index in [1.165, 1.54) is 4.88 Å². The number of nitriles is 1. The van der Waals surface area contributed by atoms with E-state index in [2.05, 4.69) is 46.0 Å². The van der Waals surface area contributed by atoms with E-state index in [4.69, 9.17) is 0 Å². The molecular formula is C15H15IN4OS. The standard InChI is InChI=1S/C15H15IN4OS/c1-8-3-4-9-10(6-17)15(22-12(9)5-8)19-14(21)13-11(16)7-18-20(13)2/h7-8H,3-5H2,1-2H3,(H,19,21)/t8-/m0/s1. The minimum atomic E-state index is -0.215. The van der Waals surface area contributed by atoms with Gasteiger partial charge in [0, 0.05) is 11.9 Å². The Bertz CT molecular complexity index is 767. The Balaban J connectivity index is 1.93. The average Bonchev–Trinajstić information content (AvgIpc) is 2.97. The smallest absolute Gasteiger partial charge is 0.275 e. The van der Waals surface area contributed by atoms with Gasteiger partial charge < -0.3 is 5.32 Å². The van der Waals surface area contributed by atoms with E-state index < -0.39 is 0 Å². The molecule has 2 heterocycles. The molecule has 5 nitrogen and oxygen atoms in total. The molecule has 1 aliphatic rings. The van der Waals surface area contributed by atoms with Crippen molar-refractivity contribution in [1.82, 2.24) is 9.78 Å². The van der Waals surface area contributed by atoms with Crippen LogP contribution in [0.2, 0.25) is 0 Å². The molecule has 0 spiro atoms. The van der Waals surface area contributed by atoms with Gasteiger partial charge in [0.05, 0.1) is 15.3 Å². The number of carbonyl (C=O) groups is 1. The van der Waals surface area contributed by atoms with Crippen LogP contribution in [-0.2, 0) is 19.9 Å². The van der Waals surface area contributed by atoms with Crippen molar-refractivity contribution >= 4 is 44.8 Å². The first-order valence-corrected chi connectivity index (χ1v) is 8.94. The van der Waals surface area contributed by atoms with Gasteiger partial charge in [-0.15, -0.1) is 11.3 Å². The van der Waals surface area contributed by atoms with Crippen molar-refractivity contribution in [2.24, 2.45) is 13.0 Å². The van der Waals surface area contributed by atoms with E-state index in [0.717, 1.165) is 28.4 Å². The summed E-state index contributed by atoms with van der Waals surface area (Å²) in [4.78, 5) is 13.7. The van der Waals surface area contributed by atoms with Gasteiger partial charge in [0.15, 0.2) is 0 Å². The maximum absolute atomic E-state index is 12.5. The fraction of sp³-hybridized carbons (Fsp3) is 0.400. The zero-order valence-electron chi connectivity index (χ0n) is 12.3. The van der Waals surface area contributed by atoms with Gasteiger partial charge in [-0.25, -0.2) is 0 Å². The molecule has 114 valence electrons. The zero-order chi connectivity index (χ0) is 15.9. The number of amides is 1. The highest BCUT2D eigenvalue weighted by Gasteiger charge is 2.25. The number of aryl methyl sites for hydroxylation is 1. The Morgan fingerprint density at radius 3 is 3.05 bits per heavy atom. The summed E-state index contributed by atoms with van der Waals surface area (Å²) in [5.74, 6) is 0.423. The molecule has 7 heteroatoms. The summed E-state index contributed by atoms with van der Waals surface area (Å²) < 4.78 is 2.35. The summed E-state index contributed by atoms with van der Waals surface area (Å²) in [5, 5.41) is 17.1. The molecule has 1 amide bonds. The SMILES string of the molecule is C[C@H]1CCc2c(sc(NC(=O)c3c(I)cnn3C)c2C#N)C1. The molecule has 3 rings (SSSR count). The Kier molecular flexibility index (Phi) is 4.23. The third-order valence-corrected chi connectivity index (χ3v) is 5.92. The topological polar surface area (TPSA) is 70.7 Å². The summed E-state index contributed by atoms with van der Waals surface area (Å²) in [6, 6.07) is 2.27. The number of aromatic nitrogens is 2. The van der Waals surface area contributed by atoms with Crippen LogP contribution < -0.4 is 5.32 Å². The lowest BCUT2D eigenvalue weighted by molar-refractivity contribution is 0.101. The normalized spacial score (nSPS) is 16.9. The number of halogens is 1. The second-order valence-corrected chi connectivity index (χ2v) is 7.85. The van der Waals surface area contributed by atoms with Gasteiger partial charge in [-0.2, -0.15) is 10.4 Å². The van der Waals surface area contributed by atoms with Gasteiger partial charge in [0.2, 0.25) is 0 Å². The van der Waals surface area contributed by atoms with Crippen molar-refractivity contribution in [2.45, 2.75) is 26.2 Å². The maximum atomic E-state index is 12.5. The molecule has 2 aromatic rings. The quantitative estimate of drug-likeness (QED) is 0.749. The lowest BCUT2D eigenvalue weighted by Gasteiger charge is -2.17. The number of anilines is 1. The number of thiophene rings is 1. The molecule has 1 N–H and O–H groups in total. The molecule has 0 aliphatic heterocycles. The second kappa shape index (κ2) is 6.01. The molecule has 0 fully saturated rings. The molecule has 0 saturated carbocycles. The van der Waals surface area contributed by atoms with Crippen LogP contribution in [0.3, 0.4) is 0 Å². The summed E-state index contributed by atoms with van der Waals surface area (Å²) in [6.45, 7) is 2.23. The van der Waals surface area contributed by atoms with Crippen molar-refractivity contribution in [3.63, 3.8) is 0 Å². The van der Waals surface area contributed by atoms with Crippen LogP contribution in [0.15, 0.2) is 6.20 Å². The number of carbonyl (C=O) groups excluding carboxylic acids is 1. The second-order valence-electron chi connectivity index (χ2n) is 5.59. The highest BCUT2D eigenvalue weighted by atomic mass is 127. The summed E-state index contributed by atoms with van der Waals surface area (Å²) in [7, 11) is 1.74. The van der Waals surface area contributed by atoms with Gasteiger partial charge in [-0.05, 0) is 53.3 Å². The van der Waals surface area contributed by atoms with E-state index in [0.29, 0.717) is 22.2 Å². The van der Waals surface area contributed by atoms with Crippen LogP contribution in [0.5, 0.6) is 0 Å². The molecular weight excluding hydrogens is 411 g/mol. The van der Waals surface area contributed by atoms with Crippen molar-refractivity contribution in [2.75, 3.05) is 5.32 Å². The molecule has 22 heavy (non-hydrogen) atoms. The number of hydrogen-bond donors (Lipinski definition) is 1. The number of nitrogens with zero attached hydrogens (tertiary/aromatic N) is 3. The van der Waals surface area contributed by atoms with Crippen molar-refractivity contribution in [3.05, 3.63) is 31.5 Å². The van der Waals surface area contributed by atoms with Gasteiger partial charge in [0.1, 0.15) is 16.8 Å². The number of hydrogen-bond acceptors (Lipinski definition) is 4. The monoisotopic (exact) mass is 426 g/mol. The molecule has 0 unspecified atom stereocenters. The van der Waals surface area contributed by atoms with E-state index in [-0.39, 0.29) is 5.91 Å². The van der Waals surface area contributed by atoms with Gasteiger partial charge in [-0.3, -0.25) is 9.48 Å². The average molecular weight is 426 g/mol. The van der Waals surface area contributed by atoms with E-state index >= 15 is 0 Å². The molecule has 1 aliphatic carbocycles. The van der Waals surface area contributed by atoms with E-state index in [9.17, 15) is 10.1 Å². The predicted molar refractivity (Wildman–Crippen MR) is 94.1 cm³/mol. The number of fused-ring (bicyclic) bond motifs is 1. The Morgan fingerprint density at radius 1 is 1.64 bits per heavy atom. The van der Waals surface area contributed by atoms with E-state index in [1.807, 2.05) is 0 Å². The van der Waals surface area contributed by atoms with Crippen LogP contribution in [0.1, 0.15) is 39.8 Å². The predicted octanol–water partition coefficient (Wildman–Crippen LogP) is 3.33. The highest BCUT2D eigenvalue weighted by Crippen LogP contribution is 2.39. The van der Waals surface area contributed by atoms with Gasteiger partial charge in [-0.1, -0.05) is 6.92 Å². The first-order chi connectivity index (χ1) is 10.5. The van der Waals surface area contributed by atoms with Crippen LogP contribution in [0.25, 0.3) is 0 Å². The number of rotatable bonds is 2. The van der Waals surface area contributed by atoms with Crippen LogP contribution in [0.4, 0.5) is 5.00 Å². The summed E-state index contributed by atoms with van der Waals surface area (Å²) in [5.41, 5.74) is 2.28. The Labute approximate surface area is 146 Å². The molecule has 0 aromatic carbocycles. The Hall–Kier alpha value is -1.40. The Morgan fingerprint density at radius 2 is 2.41 bits per heavy atom. The van der Waals surface area contributed by atoms with E-state index in [1.54, 1.807) is 29.3 Å². The fourth-order valence-corrected chi connectivity index (χ4v) is 4.86. The summed E-state index contributed by atoms with van der Waals surface area (Å²) in [6.07, 6.45) is 4.68. The first-order valence-electron chi connectivity index (χ1n) is 7.04. The van der Waals surface area contributed by atoms with Gasteiger partial charge >= 0.3 is 0 Å². The third kappa shape index (κ3) is 2.65. The third-order valence-electron chi connectivity index (χ3n) is 3.96. The first kappa shape index (κ1) is 15.5. The molecule has 0 radical (unpaired) electrons. The largest absolute Gasteiger partial charge is 0.311 e. The minimum Gasteiger partial charge on any atom is -0.311 e. The minimum absolute atomic E-state index is 0.215. The highest BCUT2D eigenvalue weighted by molar-refractivity contribution is 14.1. The molecule has 0 bridgehead atoms. The fourth-order valence-electron chi connectivity index (χ4n) is 2.79. The van der Waals surface area contributed by atoms with Crippen LogP contribution in [-0.4, -0.2) is 15.7 Å². The molecule has 2 aromatic heterocycles. The van der Waals surface area contributed by atoms with Crippen molar-refractivity contribution < 1.29 is 4.79 Å². The van der Waals surface area contributed by atoms with Crippen molar-refractivity contribution in [1.29, 1.82) is 5.26 Å².